The normalized spacial score (nSPS) is 12.1. The summed E-state index contributed by atoms with van der Waals surface area (Å²) in [5.41, 5.74) is 1.12. The van der Waals surface area contributed by atoms with Crippen LogP contribution in [-0.4, -0.2) is 38.9 Å². The molecule has 136 valence electrons. The molecule has 0 aliphatic rings. The molecular formula is C17H26F3N3O. The Morgan fingerprint density at radius 3 is 2.38 bits per heavy atom. The Morgan fingerprint density at radius 2 is 1.79 bits per heavy atom. The number of halogens is 3. The van der Waals surface area contributed by atoms with Crippen molar-refractivity contribution in [3.63, 3.8) is 0 Å². The second-order valence-corrected chi connectivity index (χ2v) is 5.39. The molecular weight excluding hydrogens is 319 g/mol. The minimum atomic E-state index is -4.16. The van der Waals surface area contributed by atoms with Crippen LogP contribution in [0.5, 0.6) is 5.75 Å². The molecule has 0 bridgehead atoms. The van der Waals surface area contributed by atoms with Crippen LogP contribution in [0.25, 0.3) is 0 Å². The van der Waals surface area contributed by atoms with Crippen molar-refractivity contribution in [2.45, 2.75) is 38.8 Å². The van der Waals surface area contributed by atoms with Crippen LogP contribution >= 0.6 is 0 Å². The van der Waals surface area contributed by atoms with E-state index in [0.29, 0.717) is 12.5 Å². The maximum absolute atomic E-state index is 12.1. The second-order valence-electron chi connectivity index (χ2n) is 5.39. The third kappa shape index (κ3) is 9.27. The highest BCUT2D eigenvalue weighted by Gasteiger charge is 2.26. The van der Waals surface area contributed by atoms with Crippen LogP contribution in [0, 0.1) is 0 Å². The van der Waals surface area contributed by atoms with Crippen LogP contribution in [-0.2, 0) is 6.42 Å². The van der Waals surface area contributed by atoms with Gasteiger partial charge in [-0.3, -0.25) is 4.99 Å². The van der Waals surface area contributed by atoms with E-state index in [1.165, 1.54) is 7.05 Å². The first-order chi connectivity index (χ1) is 11.4. The maximum atomic E-state index is 12.1. The molecule has 2 N–H and O–H groups in total. The Hall–Kier alpha value is -1.92. The van der Waals surface area contributed by atoms with Crippen LogP contribution in [0.15, 0.2) is 29.3 Å². The Kier molecular flexibility index (Phi) is 9.04. The van der Waals surface area contributed by atoms with Gasteiger partial charge < -0.3 is 15.4 Å². The molecule has 0 unspecified atom stereocenters. The number of nitrogens with one attached hydrogen (secondary N) is 2. The van der Waals surface area contributed by atoms with Gasteiger partial charge in [-0.15, -0.1) is 0 Å². The van der Waals surface area contributed by atoms with Gasteiger partial charge in [0.1, 0.15) is 5.75 Å². The lowest BCUT2D eigenvalue weighted by atomic mass is 10.1. The summed E-state index contributed by atoms with van der Waals surface area (Å²) in [4.78, 5) is 3.90. The van der Waals surface area contributed by atoms with Gasteiger partial charge in [0.05, 0.1) is 13.0 Å². The van der Waals surface area contributed by atoms with Crippen LogP contribution in [0.2, 0.25) is 0 Å². The molecule has 24 heavy (non-hydrogen) atoms. The Labute approximate surface area is 141 Å². The monoisotopic (exact) mass is 345 g/mol. The van der Waals surface area contributed by atoms with E-state index in [1.807, 2.05) is 24.3 Å². The maximum Gasteiger partial charge on any atom is 0.390 e. The molecule has 0 heterocycles. The van der Waals surface area contributed by atoms with Crippen LogP contribution in [0.1, 0.15) is 31.7 Å². The molecule has 0 saturated heterocycles. The molecule has 0 spiro atoms. The highest BCUT2D eigenvalue weighted by Crippen LogP contribution is 2.18. The van der Waals surface area contributed by atoms with E-state index < -0.39 is 12.6 Å². The third-order valence-corrected chi connectivity index (χ3v) is 3.32. The first-order valence-electron chi connectivity index (χ1n) is 8.17. The quantitative estimate of drug-likeness (QED) is 0.409. The number of benzene rings is 1. The number of hydrogen-bond acceptors (Lipinski definition) is 2. The van der Waals surface area contributed by atoms with E-state index in [9.17, 15) is 13.2 Å². The molecule has 0 aliphatic heterocycles. The molecule has 0 amide bonds. The van der Waals surface area contributed by atoms with Crippen molar-refractivity contribution < 1.29 is 17.9 Å². The van der Waals surface area contributed by atoms with Gasteiger partial charge in [0.2, 0.25) is 0 Å². The number of aliphatic imine (C=N–C) groups is 1. The summed E-state index contributed by atoms with van der Waals surface area (Å²) in [6.45, 7) is 3.23. The van der Waals surface area contributed by atoms with E-state index in [0.717, 1.165) is 37.2 Å². The molecule has 0 aliphatic carbocycles. The first kappa shape index (κ1) is 20.1. The lowest BCUT2D eigenvalue weighted by Gasteiger charge is -2.13. The molecule has 1 rings (SSSR count). The van der Waals surface area contributed by atoms with E-state index in [2.05, 4.69) is 22.5 Å². The summed E-state index contributed by atoms with van der Waals surface area (Å²) in [7, 11) is 1.53. The molecule has 0 fully saturated rings. The zero-order valence-corrected chi connectivity index (χ0v) is 14.2. The zero-order valence-electron chi connectivity index (χ0n) is 14.2. The average Bonchev–Trinajstić information content (AvgIpc) is 2.54. The zero-order chi connectivity index (χ0) is 17.8. The summed E-state index contributed by atoms with van der Waals surface area (Å²) in [6, 6.07) is 7.84. The molecule has 0 aromatic heterocycles. The number of rotatable bonds is 9. The highest BCUT2D eigenvalue weighted by molar-refractivity contribution is 5.79. The summed E-state index contributed by atoms with van der Waals surface area (Å²) >= 11 is 0. The van der Waals surface area contributed by atoms with Crippen LogP contribution < -0.4 is 15.4 Å². The van der Waals surface area contributed by atoms with E-state index in [4.69, 9.17) is 4.74 Å². The number of nitrogens with zero attached hydrogens (tertiary/aromatic N) is 1. The highest BCUT2D eigenvalue weighted by atomic mass is 19.4. The summed E-state index contributed by atoms with van der Waals surface area (Å²) < 4.78 is 41.9. The smallest absolute Gasteiger partial charge is 0.390 e. The van der Waals surface area contributed by atoms with Gasteiger partial charge in [-0.25, -0.2) is 0 Å². The summed E-state index contributed by atoms with van der Waals surface area (Å²) in [6.07, 6.45) is -2.16. The standard InChI is InChI=1S/C17H26F3N3O/c1-3-4-13-24-15-7-5-14(6-8-15)9-11-22-16(21-2)23-12-10-17(18,19)20/h5-8H,3-4,9-13H2,1-2H3,(H2,21,22,23). The van der Waals surface area contributed by atoms with Crippen molar-refractivity contribution >= 4 is 5.96 Å². The van der Waals surface area contributed by atoms with E-state index >= 15 is 0 Å². The number of guanidine groups is 1. The fraction of sp³-hybridized carbons (Fsp3) is 0.588. The van der Waals surface area contributed by atoms with Crippen molar-refractivity contribution in [2.75, 3.05) is 26.7 Å². The molecule has 1 aromatic rings. The first-order valence-corrected chi connectivity index (χ1v) is 8.17. The predicted octanol–water partition coefficient (Wildman–Crippen LogP) is 3.53. The minimum absolute atomic E-state index is 0.188. The second kappa shape index (κ2) is 10.8. The van der Waals surface area contributed by atoms with Crippen molar-refractivity contribution in [1.82, 2.24) is 10.6 Å². The third-order valence-electron chi connectivity index (χ3n) is 3.32. The molecule has 0 atom stereocenters. The van der Waals surface area contributed by atoms with Gasteiger partial charge in [-0.1, -0.05) is 25.5 Å². The lowest BCUT2D eigenvalue weighted by molar-refractivity contribution is -0.132. The lowest BCUT2D eigenvalue weighted by Crippen LogP contribution is -2.39. The van der Waals surface area contributed by atoms with E-state index in [-0.39, 0.29) is 6.54 Å². The Bertz CT molecular complexity index is 487. The number of alkyl halides is 3. The van der Waals surface area contributed by atoms with Gasteiger partial charge in [-0.05, 0) is 30.5 Å². The van der Waals surface area contributed by atoms with Crippen molar-refractivity contribution in [3.8, 4) is 5.75 Å². The predicted molar refractivity (Wildman–Crippen MR) is 90.6 cm³/mol. The fourth-order valence-corrected chi connectivity index (χ4v) is 1.96. The molecule has 0 radical (unpaired) electrons. The van der Waals surface area contributed by atoms with Crippen molar-refractivity contribution in [2.24, 2.45) is 4.99 Å². The van der Waals surface area contributed by atoms with Gasteiger partial charge in [0, 0.05) is 20.1 Å². The number of hydrogen-bond donors (Lipinski definition) is 2. The average molecular weight is 345 g/mol. The molecule has 7 heteroatoms. The number of unbranched alkanes of at least 4 members (excludes halogenated alkanes) is 1. The van der Waals surface area contributed by atoms with Gasteiger partial charge in [0.25, 0.3) is 0 Å². The largest absolute Gasteiger partial charge is 0.494 e. The van der Waals surface area contributed by atoms with E-state index in [1.54, 1.807) is 0 Å². The fourth-order valence-electron chi connectivity index (χ4n) is 1.96. The van der Waals surface area contributed by atoms with Gasteiger partial charge >= 0.3 is 6.18 Å². The Morgan fingerprint density at radius 1 is 1.12 bits per heavy atom. The van der Waals surface area contributed by atoms with Crippen molar-refractivity contribution in [1.29, 1.82) is 0 Å². The minimum Gasteiger partial charge on any atom is -0.494 e. The van der Waals surface area contributed by atoms with Crippen LogP contribution in [0.3, 0.4) is 0 Å². The Balaban J connectivity index is 2.27. The molecule has 0 saturated carbocycles. The van der Waals surface area contributed by atoms with Gasteiger partial charge in [0.15, 0.2) is 5.96 Å². The van der Waals surface area contributed by atoms with Crippen molar-refractivity contribution in [3.05, 3.63) is 29.8 Å². The summed E-state index contributed by atoms with van der Waals surface area (Å²) in [5.74, 6) is 1.23. The molecule has 4 nitrogen and oxygen atoms in total. The topological polar surface area (TPSA) is 45.6 Å². The SMILES string of the molecule is CCCCOc1ccc(CCNC(=NC)NCCC(F)(F)F)cc1. The van der Waals surface area contributed by atoms with Gasteiger partial charge in [-0.2, -0.15) is 13.2 Å². The number of ether oxygens (including phenoxy) is 1. The van der Waals surface area contributed by atoms with Crippen LogP contribution in [0.4, 0.5) is 13.2 Å². The molecule has 1 aromatic carbocycles. The summed E-state index contributed by atoms with van der Waals surface area (Å²) in [5, 5.41) is 5.65.